The molecule has 3 nitrogen and oxygen atoms in total. The van der Waals surface area contributed by atoms with Crippen LogP contribution in [0.5, 0.6) is 0 Å². The minimum absolute atomic E-state index is 0. The van der Waals surface area contributed by atoms with Crippen LogP contribution >= 0.6 is 12.4 Å². The summed E-state index contributed by atoms with van der Waals surface area (Å²) in [4.78, 5) is 12.4. The lowest BCUT2D eigenvalue weighted by Crippen LogP contribution is -2.40. The molecular formula is C17H21ClF4N2O. The Bertz CT molecular complexity index is 636. The molecule has 140 valence electrons. The summed E-state index contributed by atoms with van der Waals surface area (Å²) in [6.45, 7) is 1.19. The highest BCUT2D eigenvalue weighted by molar-refractivity contribution is 5.93. The highest BCUT2D eigenvalue weighted by Crippen LogP contribution is 2.42. The number of nitrogens with one attached hydrogen (secondary N) is 2. The maximum Gasteiger partial charge on any atom is 0.392 e. The van der Waals surface area contributed by atoms with E-state index in [4.69, 9.17) is 0 Å². The van der Waals surface area contributed by atoms with Crippen LogP contribution in [0.4, 0.5) is 23.2 Å². The number of fused-ring (bicyclic) bond motifs is 1. The van der Waals surface area contributed by atoms with Crippen LogP contribution in [0.15, 0.2) is 12.1 Å². The van der Waals surface area contributed by atoms with Gasteiger partial charge in [-0.15, -0.1) is 12.4 Å². The van der Waals surface area contributed by atoms with Gasteiger partial charge in [-0.3, -0.25) is 4.79 Å². The minimum atomic E-state index is -4.40. The van der Waals surface area contributed by atoms with Crippen LogP contribution < -0.4 is 10.6 Å². The van der Waals surface area contributed by atoms with E-state index in [1.165, 1.54) is 6.07 Å². The number of amides is 1. The van der Waals surface area contributed by atoms with E-state index in [2.05, 4.69) is 10.6 Å². The first kappa shape index (κ1) is 20.0. The molecule has 2 atom stereocenters. The third kappa shape index (κ3) is 4.26. The molecule has 2 aliphatic rings. The summed E-state index contributed by atoms with van der Waals surface area (Å²) in [6.07, 6.45) is -2.70. The Hall–Kier alpha value is -1.34. The number of anilines is 1. The van der Waals surface area contributed by atoms with E-state index in [1.54, 1.807) is 6.07 Å². The quantitative estimate of drug-likeness (QED) is 0.755. The van der Waals surface area contributed by atoms with E-state index >= 15 is 0 Å². The zero-order valence-electron chi connectivity index (χ0n) is 13.6. The molecule has 1 aromatic rings. The molecule has 1 fully saturated rings. The van der Waals surface area contributed by atoms with Crippen LogP contribution in [0.1, 0.15) is 36.8 Å². The van der Waals surface area contributed by atoms with Crippen molar-refractivity contribution in [1.82, 2.24) is 5.32 Å². The number of benzene rings is 1. The molecule has 0 radical (unpaired) electrons. The molecular weight excluding hydrogens is 360 g/mol. The van der Waals surface area contributed by atoms with Gasteiger partial charge in [-0.25, -0.2) is 4.39 Å². The van der Waals surface area contributed by atoms with E-state index in [1.807, 2.05) is 0 Å². The molecule has 1 saturated carbocycles. The zero-order chi connectivity index (χ0) is 17.3. The van der Waals surface area contributed by atoms with Crippen molar-refractivity contribution in [3.63, 3.8) is 0 Å². The van der Waals surface area contributed by atoms with Crippen molar-refractivity contribution in [1.29, 1.82) is 0 Å². The van der Waals surface area contributed by atoms with Gasteiger partial charge in [0.25, 0.3) is 0 Å². The SMILES string of the molecule is Cl.O=C(Nc1ccc2c(c1F)CCNC2)C1CCCCC1C(F)(F)F. The van der Waals surface area contributed by atoms with Crippen LogP contribution in [0, 0.1) is 17.7 Å². The minimum Gasteiger partial charge on any atom is -0.323 e. The van der Waals surface area contributed by atoms with Crippen molar-refractivity contribution in [3.05, 3.63) is 29.1 Å². The van der Waals surface area contributed by atoms with Gasteiger partial charge in [0.1, 0.15) is 5.82 Å². The van der Waals surface area contributed by atoms with Gasteiger partial charge in [0.15, 0.2) is 0 Å². The second-order valence-corrected chi connectivity index (χ2v) is 6.52. The molecule has 1 heterocycles. The summed E-state index contributed by atoms with van der Waals surface area (Å²) in [5, 5.41) is 5.52. The van der Waals surface area contributed by atoms with Crippen molar-refractivity contribution < 1.29 is 22.4 Å². The van der Waals surface area contributed by atoms with Gasteiger partial charge in [-0.05, 0) is 43.0 Å². The Morgan fingerprint density at radius 2 is 1.92 bits per heavy atom. The number of carbonyl (C=O) groups excluding carboxylic acids is 1. The van der Waals surface area contributed by atoms with Crippen LogP contribution in [0.3, 0.4) is 0 Å². The number of carbonyl (C=O) groups is 1. The largest absolute Gasteiger partial charge is 0.392 e. The Balaban J connectivity index is 0.00000225. The smallest absolute Gasteiger partial charge is 0.323 e. The predicted molar refractivity (Wildman–Crippen MR) is 89.2 cm³/mol. The summed E-state index contributed by atoms with van der Waals surface area (Å²) in [6, 6.07) is 3.15. The standard InChI is InChI=1S/C17H20F4N2O.ClH/c18-15-11-7-8-22-9-10(11)5-6-14(15)23-16(24)12-3-1-2-4-13(12)17(19,20)21;/h5-6,12-13,22H,1-4,7-9H2,(H,23,24);1H. The van der Waals surface area contributed by atoms with E-state index in [0.29, 0.717) is 37.9 Å². The fourth-order valence-corrected chi connectivity index (χ4v) is 3.69. The lowest BCUT2D eigenvalue weighted by Gasteiger charge is -2.32. The Morgan fingerprint density at radius 3 is 2.64 bits per heavy atom. The molecule has 0 aromatic heterocycles. The maximum atomic E-state index is 14.5. The zero-order valence-corrected chi connectivity index (χ0v) is 14.4. The van der Waals surface area contributed by atoms with Gasteiger partial charge in [0.05, 0.1) is 11.6 Å². The topological polar surface area (TPSA) is 41.1 Å². The highest BCUT2D eigenvalue weighted by atomic mass is 35.5. The second kappa shape index (κ2) is 7.91. The third-order valence-corrected chi connectivity index (χ3v) is 4.99. The highest BCUT2D eigenvalue weighted by Gasteiger charge is 2.48. The Kier molecular flexibility index (Phi) is 6.32. The average Bonchev–Trinajstić information content (AvgIpc) is 2.57. The average molecular weight is 381 g/mol. The van der Waals surface area contributed by atoms with E-state index in [-0.39, 0.29) is 30.9 Å². The van der Waals surface area contributed by atoms with Crippen molar-refractivity contribution in [3.8, 4) is 0 Å². The number of halogens is 5. The molecule has 0 spiro atoms. The fourth-order valence-electron chi connectivity index (χ4n) is 3.69. The lowest BCUT2D eigenvalue weighted by atomic mass is 9.78. The first-order valence-corrected chi connectivity index (χ1v) is 8.26. The number of rotatable bonds is 2. The fraction of sp³-hybridized carbons (Fsp3) is 0.588. The molecule has 0 bridgehead atoms. The summed E-state index contributed by atoms with van der Waals surface area (Å²) >= 11 is 0. The van der Waals surface area contributed by atoms with E-state index in [0.717, 1.165) is 5.56 Å². The van der Waals surface area contributed by atoms with E-state index < -0.39 is 29.7 Å². The molecule has 1 amide bonds. The van der Waals surface area contributed by atoms with Crippen molar-refractivity contribution in [2.45, 2.75) is 44.8 Å². The number of hydrogen-bond acceptors (Lipinski definition) is 2. The maximum absolute atomic E-state index is 14.5. The lowest BCUT2D eigenvalue weighted by molar-refractivity contribution is -0.197. The monoisotopic (exact) mass is 380 g/mol. The van der Waals surface area contributed by atoms with Crippen molar-refractivity contribution >= 4 is 24.0 Å². The van der Waals surface area contributed by atoms with Crippen molar-refractivity contribution in [2.24, 2.45) is 11.8 Å². The Labute approximate surface area is 150 Å². The first-order valence-electron chi connectivity index (χ1n) is 8.26. The third-order valence-electron chi connectivity index (χ3n) is 4.99. The van der Waals surface area contributed by atoms with Crippen LogP contribution in [-0.4, -0.2) is 18.6 Å². The van der Waals surface area contributed by atoms with Crippen molar-refractivity contribution in [2.75, 3.05) is 11.9 Å². The molecule has 0 saturated heterocycles. The van der Waals surface area contributed by atoms with Gasteiger partial charge in [0, 0.05) is 12.5 Å². The van der Waals surface area contributed by atoms with E-state index in [9.17, 15) is 22.4 Å². The predicted octanol–water partition coefficient (Wildman–Crippen LogP) is 4.20. The normalized spacial score (nSPS) is 23.4. The van der Waals surface area contributed by atoms with Gasteiger partial charge in [-0.1, -0.05) is 18.9 Å². The summed E-state index contributed by atoms with van der Waals surface area (Å²) < 4.78 is 53.9. The Morgan fingerprint density at radius 1 is 1.20 bits per heavy atom. The summed E-state index contributed by atoms with van der Waals surface area (Å²) in [7, 11) is 0. The number of alkyl halides is 3. The van der Waals surface area contributed by atoms with Gasteiger partial charge >= 0.3 is 6.18 Å². The van der Waals surface area contributed by atoms with Crippen LogP contribution in [0.2, 0.25) is 0 Å². The first-order chi connectivity index (χ1) is 11.4. The molecule has 1 aliphatic heterocycles. The molecule has 8 heteroatoms. The summed E-state index contributed by atoms with van der Waals surface area (Å²) in [5.74, 6) is -4.04. The van der Waals surface area contributed by atoms with Crippen LogP contribution in [0.25, 0.3) is 0 Å². The molecule has 2 N–H and O–H groups in total. The summed E-state index contributed by atoms with van der Waals surface area (Å²) in [5.41, 5.74) is 1.33. The second-order valence-electron chi connectivity index (χ2n) is 6.52. The molecule has 3 rings (SSSR count). The van der Waals surface area contributed by atoms with Gasteiger partial charge in [0.2, 0.25) is 5.91 Å². The van der Waals surface area contributed by atoms with Gasteiger partial charge < -0.3 is 10.6 Å². The van der Waals surface area contributed by atoms with Gasteiger partial charge in [-0.2, -0.15) is 13.2 Å². The number of hydrogen-bond donors (Lipinski definition) is 2. The molecule has 1 aromatic carbocycles. The molecule has 2 unspecified atom stereocenters. The van der Waals surface area contributed by atoms with Crippen LogP contribution in [-0.2, 0) is 17.8 Å². The molecule has 25 heavy (non-hydrogen) atoms. The molecule has 1 aliphatic carbocycles.